The van der Waals surface area contributed by atoms with Crippen molar-refractivity contribution in [2.75, 3.05) is 9.80 Å². The van der Waals surface area contributed by atoms with Gasteiger partial charge in [-0.15, -0.1) is 11.3 Å². The first kappa shape index (κ1) is 33.5. The van der Waals surface area contributed by atoms with Gasteiger partial charge in [0.05, 0.1) is 15.5 Å². The predicted molar refractivity (Wildman–Crippen MR) is 242 cm³/mol. The minimum atomic E-state index is 0.864. The summed E-state index contributed by atoms with van der Waals surface area (Å²) >= 11 is 3.61. The summed E-state index contributed by atoms with van der Waals surface area (Å²) in [5.41, 5.74) is 8.97. The van der Waals surface area contributed by atoms with Crippen LogP contribution < -0.4 is 14.5 Å². The zero-order valence-corrected chi connectivity index (χ0v) is 32.4. The van der Waals surface area contributed by atoms with Gasteiger partial charge in [0.25, 0.3) is 0 Å². The molecule has 3 nitrogen and oxygen atoms in total. The summed E-state index contributed by atoms with van der Waals surface area (Å²) in [4.78, 5) is 6.87. The monoisotopic (exact) mass is 766 g/mol. The van der Waals surface area contributed by atoms with Crippen LogP contribution in [-0.2, 0) is 0 Å². The largest absolute Gasteiger partial charge is 0.455 e. The first-order valence-corrected chi connectivity index (χ1v) is 20.7. The topological polar surface area (TPSA) is 15.7 Å². The second-order valence-corrected chi connectivity index (χ2v) is 16.3. The molecule has 0 bridgehead atoms. The van der Waals surface area contributed by atoms with E-state index in [1.165, 1.54) is 36.5 Å². The van der Waals surface area contributed by atoms with Crippen LogP contribution in [0.15, 0.2) is 216 Å². The molecule has 9 aromatic carbocycles. The smallest absolute Gasteiger partial charge is 0.142 e. The summed E-state index contributed by atoms with van der Waals surface area (Å²) in [7, 11) is 0. The molecule has 270 valence electrons. The molecule has 0 radical (unpaired) electrons. The molecule has 0 fully saturated rings. The highest BCUT2D eigenvalue weighted by molar-refractivity contribution is 7.99. The van der Waals surface area contributed by atoms with Gasteiger partial charge in [-0.25, -0.2) is 0 Å². The first-order valence-electron chi connectivity index (χ1n) is 19.1. The van der Waals surface area contributed by atoms with Crippen molar-refractivity contribution in [3.63, 3.8) is 0 Å². The van der Waals surface area contributed by atoms with Crippen molar-refractivity contribution in [2.24, 2.45) is 0 Å². The number of hydrogen-bond donors (Lipinski definition) is 0. The van der Waals surface area contributed by atoms with Gasteiger partial charge < -0.3 is 14.5 Å². The number of para-hydroxylation sites is 3. The molecule has 0 unspecified atom stereocenters. The average Bonchev–Trinajstić information content (AvgIpc) is 3.65. The Balaban J connectivity index is 0.967. The number of thiophene rings is 1. The van der Waals surface area contributed by atoms with Crippen LogP contribution in [-0.4, -0.2) is 0 Å². The fraction of sp³-hybridized carbons (Fsp3) is 0. The Labute approximate surface area is 339 Å². The number of ether oxygens (including phenoxy) is 1. The Morgan fingerprint density at radius 2 is 0.947 bits per heavy atom. The minimum Gasteiger partial charge on any atom is -0.455 e. The summed E-state index contributed by atoms with van der Waals surface area (Å²) < 4.78 is 9.29. The molecular formula is C52H34N2OS2. The molecule has 1 aromatic heterocycles. The molecule has 0 N–H and O–H groups in total. The van der Waals surface area contributed by atoms with Gasteiger partial charge in [-0.3, -0.25) is 0 Å². The maximum atomic E-state index is 6.69. The van der Waals surface area contributed by atoms with Crippen LogP contribution in [0.25, 0.3) is 42.1 Å². The van der Waals surface area contributed by atoms with Gasteiger partial charge in [0.15, 0.2) is 0 Å². The van der Waals surface area contributed by atoms with E-state index in [1.807, 2.05) is 11.3 Å². The molecule has 0 atom stereocenters. The summed E-state index contributed by atoms with van der Waals surface area (Å²) in [6.45, 7) is 0. The van der Waals surface area contributed by atoms with Crippen molar-refractivity contribution < 1.29 is 4.74 Å². The van der Waals surface area contributed by atoms with Crippen LogP contribution in [0, 0.1) is 0 Å². The lowest BCUT2D eigenvalue weighted by molar-refractivity contribution is 0.455. The van der Waals surface area contributed by atoms with E-state index < -0.39 is 0 Å². The van der Waals surface area contributed by atoms with Crippen molar-refractivity contribution in [2.45, 2.75) is 9.79 Å². The van der Waals surface area contributed by atoms with E-state index in [-0.39, 0.29) is 0 Å². The van der Waals surface area contributed by atoms with E-state index in [9.17, 15) is 0 Å². The standard InChI is InChI=1S/C52H34N2OS2/c1-4-14-36(15-5-1)53(37-16-6-2-7-17-37)40-25-29-47-52(34-40)57-51-30-24-35(32-48(51)55-47)41-27-28-46(43-21-11-10-20-42(41)43)54(38-18-8-3-9-19-38)39-26-31-50-45(33-39)44-22-12-13-23-49(44)56-50/h1-34H. The lowest BCUT2D eigenvalue weighted by atomic mass is 9.96. The molecule has 11 rings (SSSR count). The zero-order valence-electron chi connectivity index (χ0n) is 30.7. The molecule has 10 aromatic rings. The Hall–Kier alpha value is -6.79. The van der Waals surface area contributed by atoms with Crippen molar-refractivity contribution in [1.29, 1.82) is 0 Å². The molecule has 0 aliphatic carbocycles. The summed E-state index contributed by atoms with van der Waals surface area (Å²) in [5.74, 6) is 1.74. The molecule has 2 heterocycles. The van der Waals surface area contributed by atoms with E-state index >= 15 is 0 Å². The van der Waals surface area contributed by atoms with Crippen molar-refractivity contribution >= 4 is 88.2 Å². The third-order valence-electron chi connectivity index (χ3n) is 10.7. The molecule has 1 aliphatic heterocycles. The Kier molecular flexibility index (Phi) is 8.27. The van der Waals surface area contributed by atoms with Crippen molar-refractivity contribution in [3.8, 4) is 22.6 Å². The van der Waals surface area contributed by atoms with Crippen LogP contribution in [0.4, 0.5) is 34.1 Å². The fourth-order valence-electron chi connectivity index (χ4n) is 8.07. The van der Waals surface area contributed by atoms with Gasteiger partial charge in [0.2, 0.25) is 0 Å². The normalized spacial score (nSPS) is 11.9. The van der Waals surface area contributed by atoms with Crippen molar-refractivity contribution in [3.05, 3.63) is 206 Å². The van der Waals surface area contributed by atoms with E-state index in [0.717, 1.165) is 61.0 Å². The Morgan fingerprint density at radius 3 is 1.68 bits per heavy atom. The molecule has 0 saturated heterocycles. The lowest BCUT2D eigenvalue weighted by Crippen LogP contribution is -2.10. The molecule has 0 saturated carbocycles. The number of benzene rings is 9. The van der Waals surface area contributed by atoms with Crippen molar-refractivity contribution in [1.82, 2.24) is 0 Å². The van der Waals surface area contributed by atoms with Crippen LogP contribution in [0.2, 0.25) is 0 Å². The molecule has 1 aliphatic rings. The average molecular weight is 767 g/mol. The second-order valence-electron chi connectivity index (χ2n) is 14.1. The molecule has 0 spiro atoms. The highest BCUT2D eigenvalue weighted by Crippen LogP contribution is 2.51. The summed E-state index contributed by atoms with van der Waals surface area (Å²) in [6, 6.07) is 73.7. The maximum absolute atomic E-state index is 6.69. The predicted octanol–water partition coefficient (Wildman–Crippen LogP) is 16.1. The van der Waals surface area contributed by atoms with Crippen LogP contribution in [0.5, 0.6) is 11.5 Å². The van der Waals surface area contributed by atoms with Gasteiger partial charge >= 0.3 is 0 Å². The quantitative estimate of drug-likeness (QED) is 0.160. The third-order valence-corrected chi connectivity index (χ3v) is 12.9. The first-order chi connectivity index (χ1) is 28.2. The lowest BCUT2D eigenvalue weighted by Gasteiger charge is -2.28. The second kappa shape index (κ2) is 14.1. The third kappa shape index (κ3) is 6.00. The highest BCUT2D eigenvalue weighted by atomic mass is 32.2. The number of nitrogens with zero attached hydrogens (tertiary/aromatic N) is 2. The van der Waals surface area contributed by atoms with Crippen LogP contribution in [0.1, 0.15) is 0 Å². The SMILES string of the molecule is c1ccc(N(c2ccccc2)c2ccc3c(c2)Sc2ccc(-c4ccc(N(c5ccccc5)c5ccc6sc7ccccc7c6c5)c5ccccc45)cc2O3)cc1. The minimum absolute atomic E-state index is 0.864. The Bertz CT molecular complexity index is 3050. The van der Waals surface area contributed by atoms with E-state index in [2.05, 4.69) is 216 Å². The van der Waals surface area contributed by atoms with E-state index in [1.54, 1.807) is 11.8 Å². The Morgan fingerprint density at radius 1 is 0.351 bits per heavy atom. The van der Waals surface area contributed by atoms with E-state index in [0.29, 0.717) is 0 Å². The fourth-order valence-corrected chi connectivity index (χ4v) is 10.1. The number of rotatable bonds is 7. The number of fused-ring (bicyclic) bond motifs is 6. The molecule has 57 heavy (non-hydrogen) atoms. The van der Waals surface area contributed by atoms with Gasteiger partial charge in [0.1, 0.15) is 11.5 Å². The molecule has 5 heteroatoms. The van der Waals surface area contributed by atoms with Crippen LogP contribution >= 0.6 is 23.1 Å². The van der Waals surface area contributed by atoms with E-state index in [4.69, 9.17) is 4.74 Å². The zero-order chi connectivity index (χ0) is 37.7. The maximum Gasteiger partial charge on any atom is 0.142 e. The summed E-state index contributed by atoms with van der Waals surface area (Å²) in [5, 5.41) is 4.95. The number of anilines is 6. The molecular weight excluding hydrogens is 733 g/mol. The van der Waals surface area contributed by atoms with Gasteiger partial charge in [-0.05, 0) is 114 Å². The van der Waals surface area contributed by atoms with Crippen LogP contribution in [0.3, 0.4) is 0 Å². The van der Waals surface area contributed by atoms with Gasteiger partial charge in [-0.1, -0.05) is 121 Å². The summed E-state index contributed by atoms with van der Waals surface area (Å²) in [6.07, 6.45) is 0. The molecule has 0 amide bonds. The van der Waals surface area contributed by atoms with Gasteiger partial charge in [-0.2, -0.15) is 0 Å². The number of hydrogen-bond acceptors (Lipinski definition) is 5. The van der Waals surface area contributed by atoms with Gasteiger partial charge in [0, 0.05) is 54.0 Å². The highest BCUT2D eigenvalue weighted by Gasteiger charge is 2.23.